The summed E-state index contributed by atoms with van der Waals surface area (Å²) in [4.78, 5) is 13.7. The predicted octanol–water partition coefficient (Wildman–Crippen LogP) is -0.800. The molecule has 2 saturated heterocycles. The molecule has 5 rings (SSSR count). The first kappa shape index (κ1) is 29.8. The van der Waals surface area contributed by atoms with Gasteiger partial charge in [0.25, 0.3) is 0 Å². The Labute approximate surface area is 236 Å². The molecule has 3 heterocycles. The van der Waals surface area contributed by atoms with E-state index in [0.717, 1.165) is 24.3 Å². The summed E-state index contributed by atoms with van der Waals surface area (Å²) in [5.74, 6) is -4.21. The Morgan fingerprint density at radius 3 is 2.31 bits per heavy atom. The summed E-state index contributed by atoms with van der Waals surface area (Å²) in [6, 6.07) is 5.46. The highest BCUT2D eigenvalue weighted by Gasteiger charge is 2.46. The summed E-state index contributed by atoms with van der Waals surface area (Å²) < 4.78 is 28.3. The van der Waals surface area contributed by atoms with Gasteiger partial charge in [0.1, 0.15) is 46.9 Å². The minimum Gasteiger partial charge on any atom is -0.508 e. The van der Waals surface area contributed by atoms with Crippen molar-refractivity contribution in [1.82, 2.24) is 0 Å². The normalized spacial score (nSPS) is 31.7. The quantitative estimate of drug-likeness (QED) is 0.158. The second-order valence-electron chi connectivity index (χ2n) is 10.2. The van der Waals surface area contributed by atoms with Crippen molar-refractivity contribution >= 4 is 11.0 Å². The number of rotatable bonds is 6. The third-order valence-corrected chi connectivity index (χ3v) is 7.26. The largest absolute Gasteiger partial charge is 0.508 e. The van der Waals surface area contributed by atoms with E-state index in [1.54, 1.807) is 0 Å². The number of aliphatic hydroxyl groups is 5. The summed E-state index contributed by atoms with van der Waals surface area (Å²) >= 11 is 0. The van der Waals surface area contributed by atoms with Crippen LogP contribution < -0.4 is 10.2 Å². The molecule has 15 nitrogen and oxygen atoms in total. The van der Waals surface area contributed by atoms with E-state index in [-0.39, 0.29) is 28.9 Å². The second kappa shape index (κ2) is 11.5. The summed E-state index contributed by atoms with van der Waals surface area (Å²) in [6.07, 6.45) is -11.6. The molecule has 15 heteroatoms. The van der Waals surface area contributed by atoms with Crippen molar-refractivity contribution in [3.63, 3.8) is 0 Å². The van der Waals surface area contributed by atoms with Crippen LogP contribution in [0.25, 0.3) is 22.3 Å². The van der Waals surface area contributed by atoms with Crippen LogP contribution in [0.15, 0.2) is 39.5 Å². The zero-order valence-electron chi connectivity index (χ0n) is 22.0. The fourth-order valence-corrected chi connectivity index (χ4v) is 4.86. The van der Waals surface area contributed by atoms with E-state index in [0.29, 0.717) is 0 Å². The Balaban J connectivity index is 1.55. The number of phenols is 4. The van der Waals surface area contributed by atoms with Crippen molar-refractivity contribution in [1.29, 1.82) is 0 Å². The van der Waals surface area contributed by atoms with Gasteiger partial charge < -0.3 is 69.3 Å². The lowest BCUT2D eigenvalue weighted by Gasteiger charge is -2.42. The van der Waals surface area contributed by atoms with Crippen LogP contribution >= 0.6 is 0 Å². The van der Waals surface area contributed by atoms with Gasteiger partial charge in [-0.05, 0) is 25.1 Å². The van der Waals surface area contributed by atoms with Crippen LogP contribution in [0.1, 0.15) is 6.92 Å². The van der Waals surface area contributed by atoms with Crippen molar-refractivity contribution in [3.8, 4) is 40.1 Å². The lowest BCUT2D eigenvalue weighted by Crippen LogP contribution is -2.58. The Morgan fingerprint density at radius 1 is 0.857 bits per heavy atom. The van der Waals surface area contributed by atoms with Crippen LogP contribution in [0.2, 0.25) is 0 Å². The van der Waals surface area contributed by atoms with Crippen molar-refractivity contribution < 1.29 is 69.3 Å². The second-order valence-corrected chi connectivity index (χ2v) is 10.2. The zero-order valence-corrected chi connectivity index (χ0v) is 22.0. The van der Waals surface area contributed by atoms with Gasteiger partial charge in [-0.25, -0.2) is 0 Å². The van der Waals surface area contributed by atoms with Gasteiger partial charge in [0.15, 0.2) is 23.5 Å². The highest BCUT2D eigenvalue weighted by molar-refractivity contribution is 5.88. The topological polar surface area (TPSA) is 249 Å². The van der Waals surface area contributed by atoms with Gasteiger partial charge in [-0.3, -0.25) is 4.79 Å². The molecule has 0 bridgehead atoms. The number of aliphatic hydroxyl groups excluding tert-OH is 5. The molecule has 2 fully saturated rings. The first-order valence-electron chi connectivity index (χ1n) is 12.9. The van der Waals surface area contributed by atoms with E-state index in [1.165, 1.54) is 13.0 Å². The average molecular weight is 595 g/mol. The third-order valence-electron chi connectivity index (χ3n) is 7.26. The minimum atomic E-state index is -1.65. The van der Waals surface area contributed by atoms with Gasteiger partial charge in [0, 0.05) is 17.7 Å². The molecule has 0 spiro atoms. The van der Waals surface area contributed by atoms with Gasteiger partial charge in [-0.2, -0.15) is 0 Å². The standard InChI is InChI=1S/C27H30O15/c1-9-19(33)20(34)12(7-38-27-23(37)21(35)16(32)8-39-27)26(40-9)42-25-22(36)18-15(31)5-11(28)6-17(18)41-24(25)10-2-3-13(29)14(30)4-10/h2-6,9,12,16,19-21,23,26-35,37H,7-8H2,1H3. The number of hydrogen-bond acceptors (Lipinski definition) is 15. The number of benzene rings is 2. The lowest BCUT2D eigenvalue weighted by molar-refractivity contribution is -0.297. The van der Waals surface area contributed by atoms with Crippen LogP contribution in [0.3, 0.4) is 0 Å². The van der Waals surface area contributed by atoms with E-state index in [1.807, 2.05) is 0 Å². The van der Waals surface area contributed by atoms with E-state index in [2.05, 4.69) is 0 Å². The van der Waals surface area contributed by atoms with Gasteiger partial charge in [0.05, 0.1) is 31.3 Å². The van der Waals surface area contributed by atoms with Crippen molar-refractivity contribution in [2.45, 2.75) is 56.1 Å². The molecule has 3 aromatic rings. The molecular weight excluding hydrogens is 564 g/mol. The molecule has 0 aliphatic carbocycles. The first-order chi connectivity index (χ1) is 19.9. The predicted molar refractivity (Wildman–Crippen MR) is 139 cm³/mol. The number of phenolic OH excluding ortho intramolecular Hbond substituents is 4. The highest BCUT2D eigenvalue weighted by Crippen LogP contribution is 2.40. The molecule has 2 aliphatic heterocycles. The number of hydrogen-bond donors (Lipinski definition) is 9. The molecule has 9 unspecified atom stereocenters. The Bertz CT molecular complexity index is 1510. The van der Waals surface area contributed by atoms with Crippen LogP contribution in [-0.2, 0) is 14.2 Å². The van der Waals surface area contributed by atoms with Crippen LogP contribution in [0.4, 0.5) is 0 Å². The monoisotopic (exact) mass is 594 g/mol. The molecule has 2 aromatic carbocycles. The van der Waals surface area contributed by atoms with Gasteiger partial charge >= 0.3 is 0 Å². The molecular formula is C27H30O15. The molecule has 9 N–H and O–H groups in total. The van der Waals surface area contributed by atoms with Crippen molar-refractivity contribution in [3.05, 3.63) is 40.6 Å². The van der Waals surface area contributed by atoms with Crippen molar-refractivity contribution in [2.75, 3.05) is 13.2 Å². The summed E-state index contributed by atoms with van der Waals surface area (Å²) in [5, 5.41) is 91.1. The third kappa shape index (κ3) is 5.44. The van der Waals surface area contributed by atoms with E-state index in [9.17, 15) is 50.8 Å². The van der Waals surface area contributed by atoms with Crippen LogP contribution in [0.5, 0.6) is 28.7 Å². The summed E-state index contributed by atoms with van der Waals surface area (Å²) in [5.41, 5.74) is -1.15. The fourth-order valence-electron chi connectivity index (χ4n) is 4.86. The maximum atomic E-state index is 13.7. The molecule has 1 aromatic heterocycles. The molecule has 0 amide bonds. The van der Waals surface area contributed by atoms with E-state index >= 15 is 0 Å². The number of aromatic hydroxyl groups is 4. The summed E-state index contributed by atoms with van der Waals surface area (Å²) in [7, 11) is 0. The highest BCUT2D eigenvalue weighted by atomic mass is 16.7. The lowest BCUT2D eigenvalue weighted by atomic mass is 9.92. The Morgan fingerprint density at radius 2 is 1.60 bits per heavy atom. The maximum absolute atomic E-state index is 13.7. The number of ether oxygens (including phenoxy) is 4. The Hall–Kier alpha value is -3.67. The molecule has 0 radical (unpaired) electrons. The van der Waals surface area contributed by atoms with Crippen LogP contribution in [0, 0.1) is 5.92 Å². The average Bonchev–Trinajstić information content (AvgIpc) is 2.93. The zero-order chi connectivity index (χ0) is 30.5. The fraction of sp³-hybridized carbons (Fsp3) is 0.444. The Kier molecular flexibility index (Phi) is 8.19. The number of fused-ring (bicyclic) bond motifs is 1. The SMILES string of the molecule is CC1OC(Oc2c(-c3ccc(O)c(O)c3)oc3cc(O)cc(O)c3c2=O)C(COC2OCC(O)C(O)C2O)C(O)C1O. The molecule has 228 valence electrons. The molecule has 9 atom stereocenters. The molecule has 2 aliphatic rings. The molecule has 0 saturated carbocycles. The van der Waals surface area contributed by atoms with E-state index in [4.69, 9.17) is 23.4 Å². The molecule has 42 heavy (non-hydrogen) atoms. The van der Waals surface area contributed by atoms with Gasteiger partial charge in [-0.1, -0.05) is 0 Å². The van der Waals surface area contributed by atoms with Crippen LogP contribution in [-0.4, -0.2) is 108 Å². The van der Waals surface area contributed by atoms with Crippen molar-refractivity contribution in [2.24, 2.45) is 5.92 Å². The minimum absolute atomic E-state index is 0.0330. The smallest absolute Gasteiger partial charge is 0.239 e. The first-order valence-corrected chi connectivity index (χ1v) is 12.9. The summed E-state index contributed by atoms with van der Waals surface area (Å²) in [6.45, 7) is 0.573. The van der Waals surface area contributed by atoms with E-state index < -0.39 is 95.9 Å². The van der Waals surface area contributed by atoms with Gasteiger partial charge in [0.2, 0.25) is 17.5 Å². The maximum Gasteiger partial charge on any atom is 0.239 e. The van der Waals surface area contributed by atoms with Gasteiger partial charge in [-0.15, -0.1) is 0 Å².